The van der Waals surface area contributed by atoms with Crippen LogP contribution in [-0.4, -0.2) is 24.3 Å². The lowest BCUT2D eigenvalue weighted by atomic mass is 10.1. The summed E-state index contributed by atoms with van der Waals surface area (Å²) in [6.45, 7) is 2.65. The van der Waals surface area contributed by atoms with Crippen LogP contribution in [0.3, 0.4) is 0 Å². The molecule has 0 spiro atoms. The van der Waals surface area contributed by atoms with Crippen molar-refractivity contribution in [3.05, 3.63) is 94.5 Å². The molecule has 0 radical (unpaired) electrons. The summed E-state index contributed by atoms with van der Waals surface area (Å²) in [4.78, 5) is 39.9. The second-order valence-corrected chi connectivity index (χ2v) is 8.46. The number of hydrogen-bond donors (Lipinski definition) is 2. The van der Waals surface area contributed by atoms with E-state index in [1.54, 1.807) is 53.4 Å². The fourth-order valence-electron chi connectivity index (χ4n) is 3.86. The molecule has 1 aliphatic rings. The van der Waals surface area contributed by atoms with Crippen molar-refractivity contribution in [3.63, 3.8) is 0 Å². The maximum atomic E-state index is 12.9. The van der Waals surface area contributed by atoms with E-state index in [2.05, 4.69) is 10.6 Å². The maximum absolute atomic E-state index is 12.9. The molecule has 0 aliphatic carbocycles. The van der Waals surface area contributed by atoms with Crippen molar-refractivity contribution in [2.24, 2.45) is 5.92 Å². The number of halogens is 1. The summed E-state index contributed by atoms with van der Waals surface area (Å²) in [5, 5.41) is 6.34. The van der Waals surface area contributed by atoms with Gasteiger partial charge in [-0.05, 0) is 54.4 Å². The highest BCUT2D eigenvalue weighted by molar-refractivity contribution is 6.30. The third-order valence-corrected chi connectivity index (χ3v) is 6.02. The second kappa shape index (κ2) is 9.88. The second-order valence-electron chi connectivity index (χ2n) is 8.03. The molecule has 2 N–H and O–H groups in total. The number of amides is 3. The van der Waals surface area contributed by atoms with Crippen LogP contribution in [0.15, 0.2) is 72.8 Å². The lowest BCUT2D eigenvalue weighted by Crippen LogP contribution is -2.29. The fraction of sp³-hybridized carbons (Fsp3) is 0.192. The van der Waals surface area contributed by atoms with Crippen LogP contribution in [0.4, 0.5) is 11.4 Å². The molecule has 0 unspecified atom stereocenters. The van der Waals surface area contributed by atoms with Crippen molar-refractivity contribution >= 4 is 40.7 Å². The van der Waals surface area contributed by atoms with Gasteiger partial charge in [0.15, 0.2) is 0 Å². The average Bonchev–Trinajstić information content (AvgIpc) is 3.21. The van der Waals surface area contributed by atoms with Gasteiger partial charge in [0.05, 0.1) is 17.2 Å². The van der Waals surface area contributed by atoms with Gasteiger partial charge in [0, 0.05) is 30.2 Å². The van der Waals surface area contributed by atoms with Gasteiger partial charge in [-0.2, -0.15) is 0 Å². The lowest BCUT2D eigenvalue weighted by Gasteiger charge is -2.17. The van der Waals surface area contributed by atoms with Gasteiger partial charge in [-0.3, -0.25) is 14.4 Å². The largest absolute Gasteiger partial charge is 0.348 e. The molecule has 1 aliphatic heterocycles. The van der Waals surface area contributed by atoms with Gasteiger partial charge >= 0.3 is 0 Å². The van der Waals surface area contributed by atoms with Crippen LogP contribution in [0.1, 0.15) is 27.9 Å². The Morgan fingerprint density at radius 3 is 2.45 bits per heavy atom. The zero-order valence-corrected chi connectivity index (χ0v) is 18.9. The standard InChI is InChI=1S/C26H24ClN3O3/c1-17-6-2-3-7-18(17)15-28-26(33)22-8-4-5-9-23(22)29-25(32)19-14-24(31)30(16-19)21-12-10-20(27)11-13-21/h2-13,19H,14-16H2,1H3,(H,28,33)(H,29,32)/t19-/m1/s1. The van der Waals surface area contributed by atoms with Crippen molar-refractivity contribution in [3.8, 4) is 0 Å². The number of hydrogen-bond acceptors (Lipinski definition) is 3. The number of aryl methyl sites for hydroxylation is 1. The van der Waals surface area contributed by atoms with Gasteiger partial charge in [-0.25, -0.2) is 0 Å². The van der Waals surface area contributed by atoms with Crippen LogP contribution in [0.2, 0.25) is 5.02 Å². The van der Waals surface area contributed by atoms with Gasteiger partial charge in [-0.15, -0.1) is 0 Å². The van der Waals surface area contributed by atoms with Gasteiger partial charge in [-0.1, -0.05) is 48.0 Å². The number of nitrogens with one attached hydrogen (secondary N) is 2. The van der Waals surface area contributed by atoms with Crippen LogP contribution in [0.5, 0.6) is 0 Å². The Morgan fingerprint density at radius 1 is 1.00 bits per heavy atom. The number of rotatable bonds is 6. The third-order valence-electron chi connectivity index (χ3n) is 5.76. The lowest BCUT2D eigenvalue weighted by molar-refractivity contribution is -0.122. The molecule has 4 rings (SSSR count). The molecule has 3 aromatic carbocycles. The summed E-state index contributed by atoms with van der Waals surface area (Å²) >= 11 is 5.93. The van der Waals surface area contributed by atoms with Gasteiger partial charge in [0.25, 0.3) is 5.91 Å². The normalized spacial score (nSPS) is 15.4. The quantitative estimate of drug-likeness (QED) is 0.564. The van der Waals surface area contributed by atoms with Gasteiger partial charge in [0.2, 0.25) is 11.8 Å². The van der Waals surface area contributed by atoms with Gasteiger partial charge < -0.3 is 15.5 Å². The molecular weight excluding hydrogens is 438 g/mol. The first-order chi connectivity index (χ1) is 15.9. The van der Waals surface area contributed by atoms with Crippen molar-refractivity contribution in [2.45, 2.75) is 19.9 Å². The van der Waals surface area contributed by atoms with Crippen LogP contribution < -0.4 is 15.5 Å². The third kappa shape index (κ3) is 5.23. The number of anilines is 2. The molecule has 1 fully saturated rings. The van der Waals surface area contributed by atoms with E-state index in [1.807, 2.05) is 31.2 Å². The summed E-state index contributed by atoms with van der Waals surface area (Å²) < 4.78 is 0. The van der Waals surface area contributed by atoms with E-state index in [9.17, 15) is 14.4 Å². The van der Waals surface area contributed by atoms with E-state index in [-0.39, 0.29) is 30.7 Å². The van der Waals surface area contributed by atoms with E-state index in [0.717, 1.165) is 11.1 Å². The molecule has 1 saturated heterocycles. The van der Waals surface area contributed by atoms with Crippen LogP contribution in [0, 0.1) is 12.8 Å². The molecule has 6 nitrogen and oxygen atoms in total. The number of nitrogens with zero attached hydrogens (tertiary/aromatic N) is 1. The number of para-hydroxylation sites is 1. The predicted octanol–water partition coefficient (Wildman–Crippen LogP) is 4.57. The smallest absolute Gasteiger partial charge is 0.253 e. The predicted molar refractivity (Wildman–Crippen MR) is 129 cm³/mol. The molecule has 1 atom stereocenters. The van der Waals surface area contributed by atoms with Gasteiger partial charge in [0.1, 0.15) is 0 Å². The summed E-state index contributed by atoms with van der Waals surface area (Å²) in [5.74, 6) is -1.21. The maximum Gasteiger partial charge on any atom is 0.253 e. The van der Waals surface area contributed by atoms with Crippen molar-refractivity contribution < 1.29 is 14.4 Å². The van der Waals surface area contributed by atoms with Crippen molar-refractivity contribution in [2.75, 3.05) is 16.8 Å². The highest BCUT2D eigenvalue weighted by atomic mass is 35.5. The van der Waals surface area contributed by atoms with E-state index in [1.165, 1.54) is 0 Å². The zero-order valence-electron chi connectivity index (χ0n) is 18.2. The van der Waals surface area contributed by atoms with Crippen molar-refractivity contribution in [1.82, 2.24) is 5.32 Å². The Hall–Kier alpha value is -3.64. The molecule has 33 heavy (non-hydrogen) atoms. The molecule has 3 amide bonds. The molecule has 0 bridgehead atoms. The van der Waals surface area contributed by atoms with Crippen LogP contribution in [-0.2, 0) is 16.1 Å². The first-order valence-electron chi connectivity index (χ1n) is 10.7. The molecule has 168 valence electrons. The SMILES string of the molecule is Cc1ccccc1CNC(=O)c1ccccc1NC(=O)[C@@H]1CC(=O)N(c2ccc(Cl)cc2)C1. The fourth-order valence-corrected chi connectivity index (χ4v) is 3.98. The summed E-state index contributed by atoms with van der Waals surface area (Å²) in [5.41, 5.74) is 3.62. The zero-order chi connectivity index (χ0) is 23.4. The minimum Gasteiger partial charge on any atom is -0.348 e. The highest BCUT2D eigenvalue weighted by Gasteiger charge is 2.35. The molecule has 0 aromatic heterocycles. The summed E-state index contributed by atoms with van der Waals surface area (Å²) in [7, 11) is 0. The van der Waals surface area contributed by atoms with Crippen LogP contribution in [0.25, 0.3) is 0 Å². The minimum absolute atomic E-state index is 0.107. The van der Waals surface area contributed by atoms with Crippen LogP contribution >= 0.6 is 11.6 Å². The average molecular weight is 462 g/mol. The van der Waals surface area contributed by atoms with E-state index in [4.69, 9.17) is 11.6 Å². The molecule has 1 heterocycles. The number of carbonyl (C=O) groups excluding carboxylic acids is 3. The van der Waals surface area contributed by atoms with E-state index in [0.29, 0.717) is 28.5 Å². The molecule has 3 aromatic rings. The van der Waals surface area contributed by atoms with E-state index >= 15 is 0 Å². The Bertz CT molecular complexity index is 1190. The number of carbonyl (C=O) groups is 3. The monoisotopic (exact) mass is 461 g/mol. The minimum atomic E-state index is -0.517. The number of benzene rings is 3. The first kappa shape index (κ1) is 22.6. The Kier molecular flexibility index (Phi) is 6.75. The summed E-state index contributed by atoms with van der Waals surface area (Å²) in [6.07, 6.45) is 0.107. The molecular formula is C26H24ClN3O3. The van der Waals surface area contributed by atoms with E-state index < -0.39 is 5.92 Å². The van der Waals surface area contributed by atoms with Crippen molar-refractivity contribution in [1.29, 1.82) is 0 Å². The highest BCUT2D eigenvalue weighted by Crippen LogP contribution is 2.27. The first-order valence-corrected chi connectivity index (χ1v) is 11.1. The Morgan fingerprint density at radius 2 is 1.70 bits per heavy atom. The Balaban J connectivity index is 1.42. The topological polar surface area (TPSA) is 78.5 Å². The summed E-state index contributed by atoms with van der Waals surface area (Å²) in [6, 6.07) is 21.6. The Labute approximate surface area is 197 Å². The molecule has 7 heteroatoms. The molecule has 0 saturated carbocycles.